The molecule has 2 aromatic carbocycles. The molecule has 1 aliphatic rings. The number of methoxy groups -OCH3 is 1. The van der Waals surface area contributed by atoms with Crippen molar-refractivity contribution in [2.45, 2.75) is 31.0 Å². The normalized spacial score (nSPS) is 25.0. The molecule has 3 rings (SSSR count). The second-order valence-electron chi connectivity index (χ2n) is 6.41. The van der Waals surface area contributed by atoms with Gasteiger partial charge in [0, 0.05) is 9.95 Å². The highest BCUT2D eigenvalue weighted by atomic mass is 35.5. The third kappa shape index (κ3) is 3.43. The highest BCUT2D eigenvalue weighted by molar-refractivity contribution is 6.30. The first-order valence-corrected chi connectivity index (χ1v) is 8.59. The molecule has 1 aliphatic heterocycles. The molecular weight excluding hydrogens is 356 g/mol. The monoisotopic (exact) mass is 374 g/mol. The van der Waals surface area contributed by atoms with Crippen LogP contribution in [0.2, 0.25) is 5.02 Å². The highest BCUT2D eigenvalue weighted by Crippen LogP contribution is 2.40. The maximum absolute atomic E-state index is 12.3. The summed E-state index contributed by atoms with van der Waals surface area (Å²) in [5, 5.41) is 15.6. The van der Waals surface area contributed by atoms with Crippen molar-refractivity contribution in [3.05, 3.63) is 80.4 Å². The topological polar surface area (TPSA) is 81.5 Å². The zero-order valence-electron chi connectivity index (χ0n) is 14.4. The lowest BCUT2D eigenvalue weighted by molar-refractivity contribution is -0.527. The van der Waals surface area contributed by atoms with Gasteiger partial charge in [0.2, 0.25) is 6.04 Å². The fourth-order valence-electron chi connectivity index (χ4n) is 3.54. The molecule has 1 heterocycles. The fourth-order valence-corrected chi connectivity index (χ4v) is 3.66. The van der Waals surface area contributed by atoms with Crippen LogP contribution in [0.1, 0.15) is 28.7 Å². The van der Waals surface area contributed by atoms with Crippen molar-refractivity contribution in [3.63, 3.8) is 0 Å². The minimum atomic E-state index is -1.01. The molecule has 1 saturated heterocycles. The number of carbonyl (C=O) groups is 1. The van der Waals surface area contributed by atoms with Crippen molar-refractivity contribution in [2.75, 3.05) is 7.11 Å². The fraction of sp³-hybridized carbons (Fsp3) is 0.316. The first-order chi connectivity index (χ1) is 12.4. The molecule has 7 heteroatoms. The van der Waals surface area contributed by atoms with Crippen molar-refractivity contribution < 1.29 is 14.5 Å². The van der Waals surface area contributed by atoms with Crippen LogP contribution in [0.25, 0.3) is 0 Å². The lowest BCUT2D eigenvalue weighted by Crippen LogP contribution is -2.37. The number of carbonyl (C=O) groups excluding carboxylic acids is 1. The lowest BCUT2D eigenvalue weighted by Gasteiger charge is -2.19. The molecule has 1 N–H and O–H groups in total. The van der Waals surface area contributed by atoms with Gasteiger partial charge in [-0.15, -0.1) is 0 Å². The van der Waals surface area contributed by atoms with Crippen molar-refractivity contribution in [1.29, 1.82) is 0 Å². The minimum absolute atomic E-state index is 0.320. The van der Waals surface area contributed by atoms with Gasteiger partial charge in [-0.05, 0) is 30.2 Å². The molecule has 4 atom stereocenters. The Labute approximate surface area is 156 Å². The van der Waals surface area contributed by atoms with E-state index in [1.165, 1.54) is 7.11 Å². The third-order valence-corrected chi connectivity index (χ3v) is 5.07. The Bertz CT molecular complexity index is 807. The largest absolute Gasteiger partial charge is 0.468 e. The molecule has 26 heavy (non-hydrogen) atoms. The van der Waals surface area contributed by atoms with Crippen molar-refractivity contribution in [2.24, 2.45) is 0 Å². The third-order valence-electron chi connectivity index (χ3n) is 4.82. The molecule has 0 saturated carbocycles. The number of halogens is 1. The molecule has 0 unspecified atom stereocenters. The Balaban J connectivity index is 2.07. The first-order valence-electron chi connectivity index (χ1n) is 8.21. The smallest absolute Gasteiger partial charge is 0.323 e. The van der Waals surface area contributed by atoms with E-state index in [0.717, 1.165) is 11.1 Å². The number of ether oxygens (including phenoxy) is 1. The van der Waals surface area contributed by atoms with Crippen LogP contribution >= 0.6 is 11.6 Å². The van der Waals surface area contributed by atoms with Crippen molar-refractivity contribution in [3.8, 4) is 0 Å². The molecule has 0 aromatic heterocycles. The Kier molecular flexibility index (Phi) is 5.25. The predicted octanol–water partition coefficient (Wildman–Crippen LogP) is 3.26. The van der Waals surface area contributed by atoms with Crippen LogP contribution < -0.4 is 5.32 Å². The number of esters is 1. The number of hydrogen-bond acceptors (Lipinski definition) is 5. The lowest BCUT2D eigenvalue weighted by atomic mass is 9.85. The van der Waals surface area contributed by atoms with E-state index in [-0.39, 0.29) is 4.92 Å². The van der Waals surface area contributed by atoms with Gasteiger partial charge >= 0.3 is 5.97 Å². The van der Waals surface area contributed by atoms with Gasteiger partial charge in [-0.2, -0.15) is 0 Å². The SMILES string of the molecule is COC(=O)[C@H]1N[C@@H](c2ccc(C)cc2)[C@H]([N+](=O)[O-])[C@H]1c1ccc(Cl)cc1. The summed E-state index contributed by atoms with van der Waals surface area (Å²) in [4.78, 5) is 24.0. The Morgan fingerprint density at radius 1 is 1.12 bits per heavy atom. The molecule has 6 nitrogen and oxygen atoms in total. The van der Waals surface area contributed by atoms with E-state index < -0.39 is 30.0 Å². The van der Waals surface area contributed by atoms with E-state index >= 15 is 0 Å². The van der Waals surface area contributed by atoms with E-state index in [9.17, 15) is 14.9 Å². The molecule has 0 aliphatic carbocycles. The Morgan fingerprint density at radius 3 is 2.23 bits per heavy atom. The van der Waals surface area contributed by atoms with Crippen LogP contribution in [0.4, 0.5) is 0 Å². The van der Waals surface area contributed by atoms with Gasteiger partial charge in [0.15, 0.2) is 0 Å². The van der Waals surface area contributed by atoms with Crippen LogP contribution in [0.15, 0.2) is 48.5 Å². The van der Waals surface area contributed by atoms with Gasteiger partial charge < -0.3 is 4.74 Å². The van der Waals surface area contributed by atoms with E-state index in [1.54, 1.807) is 24.3 Å². The van der Waals surface area contributed by atoms with Crippen LogP contribution in [0.5, 0.6) is 0 Å². The van der Waals surface area contributed by atoms with Gasteiger partial charge in [0.25, 0.3) is 0 Å². The summed E-state index contributed by atoms with van der Waals surface area (Å²) in [6.45, 7) is 1.95. The first kappa shape index (κ1) is 18.4. The second kappa shape index (κ2) is 7.43. The number of aryl methyl sites for hydroxylation is 1. The highest BCUT2D eigenvalue weighted by Gasteiger charge is 2.54. The van der Waals surface area contributed by atoms with Crippen LogP contribution in [0.3, 0.4) is 0 Å². The molecule has 0 spiro atoms. The van der Waals surface area contributed by atoms with Crippen LogP contribution in [0, 0.1) is 17.0 Å². The van der Waals surface area contributed by atoms with E-state index in [1.807, 2.05) is 31.2 Å². The number of benzene rings is 2. The van der Waals surface area contributed by atoms with Crippen molar-refractivity contribution in [1.82, 2.24) is 5.32 Å². The van der Waals surface area contributed by atoms with Gasteiger partial charge in [-0.1, -0.05) is 53.6 Å². The standard InChI is InChI=1S/C19H19ClN2O4/c1-11-3-5-13(6-4-11)16-18(22(24)25)15(17(21-16)19(23)26-2)12-7-9-14(20)10-8-12/h3-10,15-18,21H,1-2H3/t15-,16-,17-,18+/m0/s1. The summed E-state index contributed by atoms with van der Waals surface area (Å²) in [6.07, 6.45) is 0. The van der Waals surface area contributed by atoms with E-state index in [2.05, 4.69) is 5.32 Å². The summed E-state index contributed by atoms with van der Waals surface area (Å²) in [6, 6.07) is 11.8. The zero-order valence-corrected chi connectivity index (χ0v) is 15.1. The number of nitrogens with zero attached hydrogens (tertiary/aromatic N) is 1. The van der Waals surface area contributed by atoms with Crippen LogP contribution in [-0.4, -0.2) is 30.1 Å². The van der Waals surface area contributed by atoms with Gasteiger partial charge in [0.1, 0.15) is 12.1 Å². The molecule has 0 bridgehead atoms. The van der Waals surface area contributed by atoms with Gasteiger partial charge in [-0.25, -0.2) is 0 Å². The summed E-state index contributed by atoms with van der Waals surface area (Å²) in [5.41, 5.74) is 2.50. The van der Waals surface area contributed by atoms with E-state index in [4.69, 9.17) is 16.3 Å². The van der Waals surface area contributed by atoms with Gasteiger partial charge in [-0.3, -0.25) is 20.2 Å². The average Bonchev–Trinajstić information content (AvgIpc) is 3.03. The number of rotatable bonds is 4. The van der Waals surface area contributed by atoms with Gasteiger partial charge in [0.05, 0.1) is 13.0 Å². The summed E-state index contributed by atoms with van der Waals surface area (Å²) < 4.78 is 4.89. The molecule has 136 valence electrons. The summed E-state index contributed by atoms with van der Waals surface area (Å²) in [5.74, 6) is -1.19. The summed E-state index contributed by atoms with van der Waals surface area (Å²) >= 11 is 5.94. The maximum Gasteiger partial charge on any atom is 0.323 e. The zero-order chi connectivity index (χ0) is 18.8. The second-order valence-corrected chi connectivity index (χ2v) is 6.85. The Hall–Kier alpha value is -2.44. The molecule has 2 aromatic rings. The predicted molar refractivity (Wildman–Crippen MR) is 97.8 cm³/mol. The number of nitrogens with one attached hydrogen (secondary N) is 1. The molecule has 1 fully saturated rings. The van der Waals surface area contributed by atoms with E-state index in [0.29, 0.717) is 10.6 Å². The average molecular weight is 375 g/mol. The number of hydrogen-bond donors (Lipinski definition) is 1. The molecule has 0 radical (unpaired) electrons. The summed E-state index contributed by atoms with van der Waals surface area (Å²) in [7, 11) is 1.28. The number of nitro groups is 1. The maximum atomic E-state index is 12.3. The molecule has 0 amide bonds. The van der Waals surface area contributed by atoms with Crippen molar-refractivity contribution >= 4 is 17.6 Å². The quantitative estimate of drug-likeness (QED) is 0.504. The minimum Gasteiger partial charge on any atom is -0.468 e. The Morgan fingerprint density at radius 2 is 1.69 bits per heavy atom. The van der Waals surface area contributed by atoms with Crippen LogP contribution in [-0.2, 0) is 9.53 Å². The molecular formula is C19H19ClN2O4.